The fourth-order valence-electron chi connectivity index (χ4n) is 2.03. The number of hydrogen-bond acceptors (Lipinski definition) is 1. The van der Waals surface area contributed by atoms with Gasteiger partial charge in [-0.2, -0.15) is 0 Å². The molecule has 0 amide bonds. The average molecular weight is 282 g/mol. The lowest BCUT2D eigenvalue weighted by atomic mass is 10.1. The van der Waals surface area contributed by atoms with Crippen LogP contribution in [0.2, 0.25) is 0 Å². The Kier molecular flexibility index (Phi) is 2.84. The largest absolute Gasteiger partial charge is 0.456 e. The molecule has 2 atom stereocenters. The molecule has 5 heteroatoms. The minimum Gasteiger partial charge on any atom is -0.456 e. The highest BCUT2D eigenvalue weighted by atomic mass is 32.0. The maximum absolute atomic E-state index is 13.8. The quantitative estimate of drug-likeness (QED) is 0.608. The summed E-state index contributed by atoms with van der Waals surface area (Å²) >= 11 is 0. The van der Waals surface area contributed by atoms with Crippen LogP contribution in [-0.4, -0.2) is 0 Å². The number of rotatable bonds is 1. The van der Waals surface area contributed by atoms with Crippen LogP contribution >= 0.6 is 17.2 Å². The van der Waals surface area contributed by atoms with Crippen LogP contribution in [0.1, 0.15) is 5.56 Å². The van der Waals surface area contributed by atoms with Crippen LogP contribution in [-0.2, 0) is 0 Å². The molecule has 2 unspecified atom stereocenters. The fourth-order valence-corrected chi connectivity index (χ4v) is 3.12. The zero-order valence-corrected chi connectivity index (χ0v) is 11.7. The highest BCUT2D eigenvalue weighted by molar-refractivity contribution is 8.06. The number of aryl methyl sites for hydroxylation is 1. The van der Waals surface area contributed by atoms with Crippen LogP contribution in [0.25, 0.3) is 21.9 Å². The molecule has 18 heavy (non-hydrogen) atoms. The van der Waals surface area contributed by atoms with E-state index in [-0.39, 0.29) is 19.9 Å². The van der Waals surface area contributed by atoms with E-state index in [1.165, 1.54) is 12.1 Å². The number of hydrogen-bond donors (Lipinski definition) is 0. The van der Waals surface area contributed by atoms with Gasteiger partial charge in [0.1, 0.15) is 22.8 Å². The molecule has 0 aliphatic rings. The van der Waals surface area contributed by atoms with Gasteiger partial charge in [0.25, 0.3) is 0 Å². The monoisotopic (exact) mass is 282 g/mol. The van der Waals surface area contributed by atoms with Gasteiger partial charge < -0.3 is 4.42 Å². The van der Waals surface area contributed by atoms with E-state index < -0.39 is 0 Å². The van der Waals surface area contributed by atoms with Crippen molar-refractivity contribution in [2.75, 3.05) is 0 Å². The number of benzene rings is 2. The first-order valence-electron chi connectivity index (χ1n) is 5.38. The minimum atomic E-state index is -0.303. The van der Waals surface area contributed by atoms with Gasteiger partial charge >= 0.3 is 0 Å². The standard InChI is InChI=1S/C13H10F2OP2/c1-6-2-11-7(3-9(6)14)8-4-10(15)13(18-17)5-12(8)16-11/h2-5,18H,17H2,1H3. The van der Waals surface area contributed by atoms with Gasteiger partial charge in [-0.25, -0.2) is 8.78 Å². The van der Waals surface area contributed by atoms with E-state index in [1.807, 2.05) is 0 Å². The van der Waals surface area contributed by atoms with E-state index in [9.17, 15) is 8.78 Å². The van der Waals surface area contributed by atoms with Crippen LogP contribution in [0, 0.1) is 18.6 Å². The molecular weight excluding hydrogens is 272 g/mol. The third-order valence-electron chi connectivity index (χ3n) is 3.00. The van der Waals surface area contributed by atoms with Gasteiger partial charge in [0.15, 0.2) is 0 Å². The smallest absolute Gasteiger partial charge is 0.136 e. The van der Waals surface area contributed by atoms with Crippen molar-refractivity contribution in [3.8, 4) is 0 Å². The highest BCUT2D eigenvalue weighted by Gasteiger charge is 2.12. The van der Waals surface area contributed by atoms with Crippen molar-refractivity contribution in [3.63, 3.8) is 0 Å². The van der Waals surface area contributed by atoms with Crippen LogP contribution in [0.3, 0.4) is 0 Å². The van der Waals surface area contributed by atoms with Crippen LogP contribution in [0.4, 0.5) is 8.78 Å². The van der Waals surface area contributed by atoms with E-state index in [2.05, 4.69) is 8.93 Å². The Morgan fingerprint density at radius 1 is 1.00 bits per heavy atom. The van der Waals surface area contributed by atoms with E-state index in [4.69, 9.17) is 4.42 Å². The van der Waals surface area contributed by atoms with Crippen LogP contribution < -0.4 is 5.30 Å². The van der Waals surface area contributed by atoms with E-state index >= 15 is 0 Å². The number of furan rings is 1. The second-order valence-electron chi connectivity index (χ2n) is 4.17. The molecule has 0 aliphatic heterocycles. The molecule has 0 bridgehead atoms. The van der Waals surface area contributed by atoms with Crippen molar-refractivity contribution in [3.05, 3.63) is 41.5 Å². The first-order chi connectivity index (χ1) is 8.60. The van der Waals surface area contributed by atoms with Crippen molar-refractivity contribution in [2.24, 2.45) is 0 Å². The van der Waals surface area contributed by atoms with Gasteiger partial charge in [-0.3, -0.25) is 0 Å². The van der Waals surface area contributed by atoms with Gasteiger partial charge in [-0.1, -0.05) is 8.27 Å². The molecule has 1 nitrogen and oxygen atoms in total. The maximum Gasteiger partial charge on any atom is 0.136 e. The van der Waals surface area contributed by atoms with Gasteiger partial charge in [0.05, 0.1) is 0 Å². The minimum absolute atomic E-state index is 0.278. The molecule has 92 valence electrons. The zero-order valence-electron chi connectivity index (χ0n) is 9.55. The van der Waals surface area contributed by atoms with E-state index in [0.29, 0.717) is 32.8 Å². The topological polar surface area (TPSA) is 13.1 Å². The van der Waals surface area contributed by atoms with E-state index in [0.717, 1.165) is 0 Å². The first kappa shape index (κ1) is 12.0. The Balaban J connectivity index is 2.44. The lowest BCUT2D eigenvalue weighted by Gasteiger charge is -1.98. The Morgan fingerprint density at radius 2 is 1.61 bits per heavy atom. The van der Waals surface area contributed by atoms with Gasteiger partial charge in [0, 0.05) is 16.1 Å². The molecule has 1 heterocycles. The Hall–Kier alpha value is -1.04. The summed E-state index contributed by atoms with van der Waals surface area (Å²) in [4.78, 5) is 0. The third-order valence-corrected chi connectivity index (χ3v) is 4.62. The van der Waals surface area contributed by atoms with E-state index in [1.54, 1.807) is 19.1 Å². The lowest BCUT2D eigenvalue weighted by molar-refractivity contribution is 0.617. The van der Waals surface area contributed by atoms with Crippen LogP contribution in [0.15, 0.2) is 28.7 Å². The molecule has 0 spiro atoms. The molecular formula is C13H10F2OP2. The molecule has 0 saturated heterocycles. The highest BCUT2D eigenvalue weighted by Crippen LogP contribution is 2.32. The zero-order chi connectivity index (χ0) is 12.9. The summed E-state index contributed by atoms with van der Waals surface area (Å²) in [5, 5.41) is 1.84. The average Bonchev–Trinajstić information content (AvgIpc) is 2.66. The Labute approximate surface area is 106 Å². The molecule has 1 aromatic heterocycles. The van der Waals surface area contributed by atoms with Crippen LogP contribution in [0.5, 0.6) is 0 Å². The second kappa shape index (κ2) is 4.26. The van der Waals surface area contributed by atoms with Gasteiger partial charge in [-0.05, 0) is 36.8 Å². The molecule has 3 aromatic rings. The van der Waals surface area contributed by atoms with Gasteiger partial charge in [-0.15, -0.1) is 8.93 Å². The normalized spacial score (nSPS) is 12.2. The molecule has 0 radical (unpaired) electrons. The Bertz CT molecular complexity index is 765. The summed E-state index contributed by atoms with van der Waals surface area (Å²) in [6.07, 6.45) is 0. The molecule has 3 rings (SSSR count). The summed E-state index contributed by atoms with van der Waals surface area (Å²) in [7, 11) is 2.79. The van der Waals surface area contributed by atoms with Crippen molar-refractivity contribution >= 4 is 44.4 Å². The molecule has 2 aromatic carbocycles. The summed E-state index contributed by atoms with van der Waals surface area (Å²) in [6, 6.07) is 6.15. The van der Waals surface area contributed by atoms with Crippen molar-refractivity contribution in [1.29, 1.82) is 0 Å². The predicted octanol–water partition coefficient (Wildman–Crippen LogP) is 4.27. The summed E-state index contributed by atoms with van der Waals surface area (Å²) in [5.74, 6) is -0.581. The Morgan fingerprint density at radius 3 is 2.28 bits per heavy atom. The first-order valence-corrected chi connectivity index (χ1v) is 8.19. The van der Waals surface area contributed by atoms with Crippen molar-refractivity contribution in [2.45, 2.75) is 6.92 Å². The fraction of sp³-hybridized carbons (Fsp3) is 0.0769. The number of halogens is 2. The summed E-state index contributed by atoms with van der Waals surface area (Å²) < 4.78 is 33.0. The van der Waals surface area contributed by atoms with Crippen molar-refractivity contribution in [1.82, 2.24) is 0 Å². The lowest BCUT2D eigenvalue weighted by Crippen LogP contribution is -1.97. The predicted molar refractivity (Wildman–Crippen MR) is 76.0 cm³/mol. The maximum atomic E-state index is 13.8. The SMILES string of the molecule is Cc1cc2oc3cc(PP)c(F)cc3c2cc1F. The number of fused-ring (bicyclic) bond motifs is 3. The summed E-state index contributed by atoms with van der Waals surface area (Å²) in [6.45, 7) is 1.68. The molecule has 0 aliphatic carbocycles. The second-order valence-corrected chi connectivity index (χ2v) is 5.87. The molecule has 0 fully saturated rings. The molecule has 0 N–H and O–H groups in total. The summed E-state index contributed by atoms with van der Waals surface area (Å²) in [5.41, 5.74) is 1.71. The van der Waals surface area contributed by atoms with Gasteiger partial charge in [0.2, 0.25) is 0 Å². The third kappa shape index (κ3) is 1.74. The molecule has 0 saturated carbocycles. The van der Waals surface area contributed by atoms with Crippen molar-refractivity contribution < 1.29 is 13.2 Å².